The van der Waals surface area contributed by atoms with Crippen LogP contribution >= 0.6 is 0 Å². The van der Waals surface area contributed by atoms with Gasteiger partial charge in [0.2, 0.25) is 0 Å². The highest BCUT2D eigenvalue weighted by molar-refractivity contribution is 5.68. The lowest BCUT2D eigenvalue weighted by Crippen LogP contribution is -2.45. The van der Waals surface area contributed by atoms with Gasteiger partial charge in [0, 0.05) is 25.7 Å². The molecule has 18 heavy (non-hydrogen) atoms. The van der Waals surface area contributed by atoms with Crippen LogP contribution in [-0.2, 0) is 4.74 Å². The molecule has 0 aromatic heterocycles. The van der Waals surface area contributed by atoms with Crippen LogP contribution in [0.2, 0.25) is 0 Å². The minimum Gasteiger partial charge on any atom is -0.444 e. The van der Waals surface area contributed by atoms with Crippen LogP contribution in [0.1, 0.15) is 48.0 Å². The quantitative estimate of drug-likeness (QED) is 0.794. The number of carbonyl (C=O) groups excluding carboxylic acids is 1. The summed E-state index contributed by atoms with van der Waals surface area (Å²) >= 11 is 0. The van der Waals surface area contributed by atoms with Crippen LogP contribution in [0, 0.1) is 0 Å². The fourth-order valence-electron chi connectivity index (χ4n) is 1.18. The SMILES string of the molecule is CC.CC(CN)N(CCCO)C(=O)OC(C)(C)C. The first-order valence-corrected chi connectivity index (χ1v) is 6.62. The summed E-state index contributed by atoms with van der Waals surface area (Å²) in [6.07, 6.45) is 0.155. The Labute approximate surface area is 111 Å². The van der Waals surface area contributed by atoms with Gasteiger partial charge in [-0.2, -0.15) is 0 Å². The number of carbonyl (C=O) groups is 1. The van der Waals surface area contributed by atoms with Gasteiger partial charge in [-0.1, -0.05) is 13.8 Å². The number of rotatable bonds is 5. The topological polar surface area (TPSA) is 75.8 Å². The van der Waals surface area contributed by atoms with Gasteiger partial charge in [0.15, 0.2) is 0 Å². The third-order valence-corrected chi connectivity index (χ3v) is 2.06. The second-order valence-electron chi connectivity index (χ2n) is 4.84. The predicted octanol–water partition coefficient (Wildman–Crippen LogP) is 1.98. The van der Waals surface area contributed by atoms with E-state index in [1.54, 1.807) is 4.90 Å². The molecule has 0 aliphatic heterocycles. The highest BCUT2D eigenvalue weighted by Crippen LogP contribution is 2.12. The lowest BCUT2D eigenvalue weighted by Gasteiger charge is -2.31. The molecule has 0 saturated carbocycles. The molecule has 0 aliphatic rings. The van der Waals surface area contributed by atoms with Crippen LogP contribution in [0.4, 0.5) is 4.79 Å². The molecule has 0 heterocycles. The van der Waals surface area contributed by atoms with E-state index in [0.717, 1.165) is 0 Å². The molecule has 5 heteroatoms. The van der Waals surface area contributed by atoms with Gasteiger partial charge in [-0.15, -0.1) is 0 Å². The number of hydrogen-bond donors (Lipinski definition) is 2. The largest absolute Gasteiger partial charge is 0.444 e. The molecular formula is C13H30N2O3. The zero-order chi connectivity index (χ0) is 14.8. The van der Waals surface area contributed by atoms with E-state index in [1.165, 1.54) is 0 Å². The van der Waals surface area contributed by atoms with Gasteiger partial charge in [0.05, 0.1) is 0 Å². The Morgan fingerprint density at radius 1 is 1.39 bits per heavy atom. The van der Waals surface area contributed by atoms with Crippen LogP contribution in [0.15, 0.2) is 0 Å². The van der Waals surface area contributed by atoms with Crippen molar-refractivity contribution in [1.29, 1.82) is 0 Å². The number of aliphatic hydroxyl groups is 1. The first-order valence-electron chi connectivity index (χ1n) is 6.62. The predicted molar refractivity (Wildman–Crippen MR) is 74.5 cm³/mol. The van der Waals surface area contributed by atoms with Crippen molar-refractivity contribution in [3.63, 3.8) is 0 Å². The zero-order valence-corrected chi connectivity index (χ0v) is 12.7. The van der Waals surface area contributed by atoms with Crippen molar-refractivity contribution in [3.05, 3.63) is 0 Å². The summed E-state index contributed by atoms with van der Waals surface area (Å²) < 4.78 is 5.27. The monoisotopic (exact) mass is 262 g/mol. The summed E-state index contributed by atoms with van der Waals surface area (Å²) in [5, 5.41) is 8.77. The molecule has 0 aromatic carbocycles. The molecule has 0 spiro atoms. The zero-order valence-electron chi connectivity index (χ0n) is 12.7. The lowest BCUT2D eigenvalue weighted by molar-refractivity contribution is 0.0172. The Kier molecular flexibility index (Phi) is 11.0. The van der Waals surface area contributed by atoms with Crippen molar-refractivity contribution < 1.29 is 14.6 Å². The highest BCUT2D eigenvalue weighted by atomic mass is 16.6. The first-order chi connectivity index (χ1) is 8.31. The van der Waals surface area contributed by atoms with E-state index in [1.807, 2.05) is 41.5 Å². The highest BCUT2D eigenvalue weighted by Gasteiger charge is 2.24. The van der Waals surface area contributed by atoms with Crippen molar-refractivity contribution in [2.45, 2.75) is 59.6 Å². The van der Waals surface area contributed by atoms with E-state index in [4.69, 9.17) is 15.6 Å². The standard InChI is InChI=1S/C11H24N2O3.C2H6/c1-9(8-12)13(6-5-7-14)10(15)16-11(2,3)4;1-2/h9,14H,5-8,12H2,1-4H3;1-2H3. The van der Waals surface area contributed by atoms with E-state index in [2.05, 4.69) is 0 Å². The molecule has 5 nitrogen and oxygen atoms in total. The van der Waals surface area contributed by atoms with Crippen LogP contribution in [0.5, 0.6) is 0 Å². The van der Waals surface area contributed by atoms with Gasteiger partial charge in [0.25, 0.3) is 0 Å². The molecule has 0 fully saturated rings. The maximum absolute atomic E-state index is 11.8. The summed E-state index contributed by atoms with van der Waals surface area (Å²) in [6, 6.07) is -0.0820. The molecule has 0 radical (unpaired) electrons. The third kappa shape index (κ3) is 9.24. The molecule has 0 saturated heterocycles. The van der Waals surface area contributed by atoms with E-state index in [-0.39, 0.29) is 18.7 Å². The van der Waals surface area contributed by atoms with Gasteiger partial charge < -0.3 is 20.5 Å². The van der Waals surface area contributed by atoms with Crippen LogP contribution in [0.25, 0.3) is 0 Å². The molecule has 110 valence electrons. The molecule has 1 unspecified atom stereocenters. The number of amides is 1. The van der Waals surface area contributed by atoms with Gasteiger partial charge in [0.1, 0.15) is 5.60 Å². The lowest BCUT2D eigenvalue weighted by atomic mass is 10.2. The second kappa shape index (κ2) is 10.1. The minimum atomic E-state index is -0.511. The average Bonchev–Trinajstić information content (AvgIpc) is 2.29. The summed E-state index contributed by atoms with van der Waals surface area (Å²) in [5.74, 6) is 0. The van der Waals surface area contributed by atoms with E-state index >= 15 is 0 Å². The van der Waals surface area contributed by atoms with Gasteiger partial charge >= 0.3 is 6.09 Å². The number of nitrogens with zero attached hydrogens (tertiary/aromatic N) is 1. The molecule has 0 aromatic rings. The van der Waals surface area contributed by atoms with Crippen molar-refractivity contribution in [2.24, 2.45) is 5.73 Å². The summed E-state index contributed by atoms with van der Waals surface area (Å²) in [5.41, 5.74) is 5.02. The van der Waals surface area contributed by atoms with Crippen molar-refractivity contribution in [1.82, 2.24) is 4.90 Å². The maximum atomic E-state index is 11.8. The molecule has 1 amide bonds. The number of nitrogens with two attached hydrogens (primary N) is 1. The van der Waals surface area contributed by atoms with Gasteiger partial charge in [-0.05, 0) is 34.1 Å². The van der Waals surface area contributed by atoms with E-state index in [0.29, 0.717) is 19.5 Å². The summed E-state index contributed by atoms with van der Waals surface area (Å²) in [7, 11) is 0. The number of hydrogen-bond acceptors (Lipinski definition) is 4. The fourth-order valence-corrected chi connectivity index (χ4v) is 1.18. The Morgan fingerprint density at radius 2 is 1.89 bits per heavy atom. The molecule has 0 aliphatic carbocycles. The summed E-state index contributed by atoms with van der Waals surface area (Å²) in [4.78, 5) is 13.4. The Morgan fingerprint density at radius 3 is 2.22 bits per heavy atom. The smallest absolute Gasteiger partial charge is 0.410 e. The van der Waals surface area contributed by atoms with Gasteiger partial charge in [-0.25, -0.2) is 4.79 Å². The molecular weight excluding hydrogens is 232 g/mol. The van der Waals surface area contributed by atoms with Gasteiger partial charge in [-0.3, -0.25) is 0 Å². The molecule has 0 bridgehead atoms. The van der Waals surface area contributed by atoms with Crippen molar-refractivity contribution in [3.8, 4) is 0 Å². The number of aliphatic hydroxyl groups excluding tert-OH is 1. The third-order valence-electron chi connectivity index (χ3n) is 2.06. The molecule has 3 N–H and O–H groups in total. The fraction of sp³-hybridized carbons (Fsp3) is 0.923. The molecule has 1 atom stereocenters. The van der Waals surface area contributed by atoms with E-state index in [9.17, 15) is 4.79 Å². The average molecular weight is 262 g/mol. The van der Waals surface area contributed by atoms with E-state index < -0.39 is 5.60 Å². The Bertz CT molecular complexity index is 215. The first kappa shape index (κ1) is 19.5. The van der Waals surface area contributed by atoms with Crippen molar-refractivity contribution >= 4 is 6.09 Å². The van der Waals surface area contributed by atoms with Crippen LogP contribution in [0.3, 0.4) is 0 Å². The number of ether oxygens (including phenoxy) is 1. The Balaban J connectivity index is 0. The normalized spacial score (nSPS) is 12.2. The summed E-state index contributed by atoms with van der Waals surface area (Å²) in [6.45, 7) is 12.2. The van der Waals surface area contributed by atoms with Crippen LogP contribution < -0.4 is 5.73 Å². The minimum absolute atomic E-state index is 0.0522. The second-order valence-corrected chi connectivity index (χ2v) is 4.84. The maximum Gasteiger partial charge on any atom is 0.410 e. The van der Waals surface area contributed by atoms with Crippen molar-refractivity contribution in [2.75, 3.05) is 19.7 Å². The molecule has 0 rings (SSSR count). The van der Waals surface area contributed by atoms with Crippen LogP contribution in [-0.4, -0.2) is 47.4 Å². The Hall–Kier alpha value is -0.810.